The number of hydrogen-bond acceptors (Lipinski definition) is 5. The first-order chi connectivity index (χ1) is 12.3. The number of pyridine rings is 1. The van der Waals surface area contributed by atoms with Crippen LogP contribution < -0.4 is 5.32 Å². The number of amides is 1. The largest absolute Gasteiger partial charge is 0.345 e. The standard InChI is InChI=1S/C18H14N6O/c25-18(22-11-17-20-7-2-8-21-17)13-4-5-16-14(9-13)12-24(23-16)15-3-1-6-19-10-15/h1-10,12H,11H2,(H,22,25). The fourth-order valence-corrected chi connectivity index (χ4v) is 2.47. The number of carbonyl (C=O) groups is 1. The van der Waals surface area contributed by atoms with Gasteiger partial charge in [0.15, 0.2) is 0 Å². The molecule has 0 radical (unpaired) electrons. The molecule has 0 spiro atoms. The van der Waals surface area contributed by atoms with E-state index in [1.54, 1.807) is 41.6 Å². The van der Waals surface area contributed by atoms with Gasteiger partial charge in [-0.15, -0.1) is 0 Å². The fraction of sp³-hybridized carbons (Fsp3) is 0.0556. The summed E-state index contributed by atoms with van der Waals surface area (Å²) in [6.45, 7) is 0.284. The highest BCUT2D eigenvalue weighted by molar-refractivity contribution is 5.97. The maximum Gasteiger partial charge on any atom is 0.251 e. The number of nitrogens with one attached hydrogen (secondary N) is 1. The molecule has 3 aromatic heterocycles. The van der Waals surface area contributed by atoms with E-state index in [1.165, 1.54) is 0 Å². The van der Waals surface area contributed by atoms with Gasteiger partial charge in [-0.1, -0.05) is 0 Å². The number of hydrogen-bond donors (Lipinski definition) is 1. The normalized spacial score (nSPS) is 10.7. The summed E-state index contributed by atoms with van der Waals surface area (Å²) in [5, 5.41) is 8.20. The molecule has 0 aliphatic heterocycles. The second kappa shape index (κ2) is 6.48. The van der Waals surface area contributed by atoms with Crippen molar-refractivity contribution in [1.82, 2.24) is 30.0 Å². The highest BCUT2D eigenvalue weighted by atomic mass is 16.1. The van der Waals surface area contributed by atoms with Gasteiger partial charge in [0, 0.05) is 35.7 Å². The molecule has 3 heterocycles. The smallest absolute Gasteiger partial charge is 0.251 e. The van der Waals surface area contributed by atoms with Crippen LogP contribution in [0.1, 0.15) is 16.2 Å². The SMILES string of the molecule is O=C(NCc1ncccn1)c1ccc2nn(-c3cccnc3)cc2c1. The topological polar surface area (TPSA) is 85.6 Å². The van der Waals surface area contributed by atoms with Gasteiger partial charge in [0.25, 0.3) is 5.91 Å². The van der Waals surface area contributed by atoms with Crippen LogP contribution in [-0.4, -0.2) is 30.6 Å². The minimum Gasteiger partial charge on any atom is -0.345 e. The number of fused-ring (bicyclic) bond motifs is 1. The van der Waals surface area contributed by atoms with Gasteiger partial charge < -0.3 is 5.32 Å². The van der Waals surface area contributed by atoms with E-state index in [9.17, 15) is 4.79 Å². The number of nitrogens with zero attached hydrogens (tertiary/aromatic N) is 5. The second-order valence-corrected chi connectivity index (χ2v) is 5.41. The molecule has 0 aliphatic rings. The van der Waals surface area contributed by atoms with Gasteiger partial charge in [-0.25, -0.2) is 14.6 Å². The Balaban J connectivity index is 1.55. The number of carbonyl (C=O) groups excluding carboxylic acids is 1. The van der Waals surface area contributed by atoms with Crippen LogP contribution in [0, 0.1) is 0 Å². The average molecular weight is 330 g/mol. The summed E-state index contributed by atoms with van der Waals surface area (Å²) in [4.78, 5) is 24.6. The lowest BCUT2D eigenvalue weighted by atomic mass is 10.1. The van der Waals surface area contributed by atoms with Gasteiger partial charge in [-0.2, -0.15) is 5.10 Å². The predicted molar refractivity (Wildman–Crippen MR) is 92.1 cm³/mol. The van der Waals surface area contributed by atoms with Gasteiger partial charge in [0.2, 0.25) is 0 Å². The lowest BCUT2D eigenvalue weighted by Crippen LogP contribution is -2.23. The van der Waals surface area contributed by atoms with Crippen molar-refractivity contribution in [3.05, 3.63) is 78.8 Å². The zero-order valence-corrected chi connectivity index (χ0v) is 13.2. The van der Waals surface area contributed by atoms with Crippen molar-refractivity contribution in [2.24, 2.45) is 0 Å². The molecular weight excluding hydrogens is 316 g/mol. The molecule has 25 heavy (non-hydrogen) atoms. The molecule has 122 valence electrons. The summed E-state index contributed by atoms with van der Waals surface area (Å²) in [6.07, 6.45) is 8.62. The number of rotatable bonds is 4. The Morgan fingerprint density at radius 1 is 1.08 bits per heavy atom. The van der Waals surface area contributed by atoms with Crippen LogP contribution in [0.3, 0.4) is 0 Å². The Bertz CT molecular complexity index is 1010. The van der Waals surface area contributed by atoms with E-state index < -0.39 is 0 Å². The van der Waals surface area contributed by atoms with E-state index in [1.807, 2.05) is 30.5 Å². The zero-order valence-electron chi connectivity index (χ0n) is 13.2. The van der Waals surface area contributed by atoms with Crippen molar-refractivity contribution >= 4 is 16.8 Å². The van der Waals surface area contributed by atoms with Crippen molar-refractivity contribution in [3.8, 4) is 5.69 Å². The third-order valence-electron chi connectivity index (χ3n) is 3.70. The Morgan fingerprint density at radius 2 is 1.96 bits per heavy atom. The molecule has 1 N–H and O–H groups in total. The molecule has 0 saturated heterocycles. The highest BCUT2D eigenvalue weighted by Crippen LogP contribution is 2.17. The van der Waals surface area contributed by atoms with E-state index in [0.717, 1.165) is 16.6 Å². The van der Waals surface area contributed by atoms with Crippen molar-refractivity contribution in [2.75, 3.05) is 0 Å². The minimum atomic E-state index is -0.177. The maximum atomic E-state index is 12.3. The van der Waals surface area contributed by atoms with Crippen molar-refractivity contribution in [3.63, 3.8) is 0 Å². The second-order valence-electron chi connectivity index (χ2n) is 5.41. The number of benzene rings is 1. The van der Waals surface area contributed by atoms with E-state index in [2.05, 4.69) is 25.4 Å². The van der Waals surface area contributed by atoms with Crippen LogP contribution in [0.2, 0.25) is 0 Å². The summed E-state index contributed by atoms with van der Waals surface area (Å²) in [5.74, 6) is 0.393. The van der Waals surface area contributed by atoms with E-state index in [-0.39, 0.29) is 12.5 Å². The zero-order chi connectivity index (χ0) is 17.1. The van der Waals surface area contributed by atoms with Crippen molar-refractivity contribution < 1.29 is 4.79 Å². The van der Waals surface area contributed by atoms with Crippen molar-refractivity contribution in [2.45, 2.75) is 6.54 Å². The average Bonchev–Trinajstić information content (AvgIpc) is 3.11. The maximum absolute atomic E-state index is 12.3. The molecule has 0 bridgehead atoms. The summed E-state index contributed by atoms with van der Waals surface area (Å²) in [7, 11) is 0. The van der Waals surface area contributed by atoms with Crippen molar-refractivity contribution in [1.29, 1.82) is 0 Å². The monoisotopic (exact) mass is 330 g/mol. The first kappa shape index (κ1) is 14.9. The quantitative estimate of drug-likeness (QED) is 0.619. The molecule has 0 aliphatic carbocycles. The Labute approximate surface area is 143 Å². The molecule has 0 atom stereocenters. The minimum absolute atomic E-state index is 0.177. The molecule has 4 aromatic rings. The Hall–Kier alpha value is -3.61. The van der Waals surface area contributed by atoms with Gasteiger partial charge in [0.05, 0.1) is 23.9 Å². The lowest BCUT2D eigenvalue weighted by molar-refractivity contribution is 0.0950. The molecule has 1 amide bonds. The Morgan fingerprint density at radius 3 is 2.76 bits per heavy atom. The predicted octanol–water partition coefficient (Wildman–Crippen LogP) is 2.14. The molecule has 0 unspecified atom stereocenters. The van der Waals surface area contributed by atoms with Gasteiger partial charge >= 0.3 is 0 Å². The van der Waals surface area contributed by atoms with Gasteiger partial charge in [0.1, 0.15) is 5.82 Å². The van der Waals surface area contributed by atoms with Crippen LogP contribution in [0.5, 0.6) is 0 Å². The first-order valence-corrected chi connectivity index (χ1v) is 7.73. The molecule has 1 aromatic carbocycles. The summed E-state index contributed by atoms with van der Waals surface area (Å²) >= 11 is 0. The number of aromatic nitrogens is 5. The fourth-order valence-electron chi connectivity index (χ4n) is 2.47. The molecule has 7 nitrogen and oxygen atoms in total. The third kappa shape index (κ3) is 3.20. The third-order valence-corrected chi connectivity index (χ3v) is 3.70. The lowest BCUT2D eigenvalue weighted by Gasteiger charge is -2.04. The van der Waals surface area contributed by atoms with E-state index >= 15 is 0 Å². The molecule has 0 fully saturated rings. The summed E-state index contributed by atoms with van der Waals surface area (Å²) in [6, 6.07) is 10.9. The molecule has 7 heteroatoms. The van der Waals surface area contributed by atoms with E-state index in [4.69, 9.17) is 0 Å². The van der Waals surface area contributed by atoms with Crippen LogP contribution in [0.15, 0.2) is 67.4 Å². The first-order valence-electron chi connectivity index (χ1n) is 7.73. The Kier molecular flexibility index (Phi) is 3.88. The van der Waals surface area contributed by atoms with Crippen LogP contribution in [0.4, 0.5) is 0 Å². The van der Waals surface area contributed by atoms with E-state index in [0.29, 0.717) is 11.4 Å². The summed E-state index contributed by atoms with van der Waals surface area (Å²) in [5.41, 5.74) is 2.24. The highest BCUT2D eigenvalue weighted by Gasteiger charge is 2.09. The summed E-state index contributed by atoms with van der Waals surface area (Å²) < 4.78 is 1.75. The van der Waals surface area contributed by atoms with Gasteiger partial charge in [-0.05, 0) is 36.4 Å². The van der Waals surface area contributed by atoms with Crippen LogP contribution in [-0.2, 0) is 6.54 Å². The van der Waals surface area contributed by atoms with Crippen LogP contribution >= 0.6 is 0 Å². The van der Waals surface area contributed by atoms with Crippen LogP contribution in [0.25, 0.3) is 16.6 Å². The molecule has 4 rings (SSSR count). The van der Waals surface area contributed by atoms with Gasteiger partial charge in [-0.3, -0.25) is 9.78 Å². The molecule has 0 saturated carbocycles. The molecular formula is C18H14N6O.